The van der Waals surface area contributed by atoms with Gasteiger partial charge in [-0.3, -0.25) is 10.1 Å². The fraction of sp³-hybridized carbons (Fsp3) is 0.333. The van der Waals surface area contributed by atoms with Crippen LogP contribution in [0.4, 0.5) is 5.69 Å². The number of aliphatic hydroxyl groups is 1. The maximum atomic E-state index is 12.7. The molecule has 2 heterocycles. The zero-order chi connectivity index (χ0) is 20.3. The first-order valence-corrected chi connectivity index (χ1v) is 8.39. The molecule has 2 aliphatic heterocycles. The summed E-state index contributed by atoms with van der Waals surface area (Å²) in [5, 5.41) is 19.9. The number of hydrogen-bond donors (Lipinski definition) is 1. The monoisotopic (exact) mass is 390 g/mol. The van der Waals surface area contributed by atoms with E-state index in [2.05, 4.69) is 4.74 Å². The lowest BCUT2D eigenvalue weighted by Crippen LogP contribution is -2.49. The normalized spacial score (nSPS) is 23.0. The maximum Gasteiger partial charge on any atom is 0.337 e. The average Bonchev–Trinajstić information content (AvgIpc) is 2.96. The number of nitrogens with zero attached hydrogens (tertiary/aromatic N) is 2. The van der Waals surface area contributed by atoms with Crippen LogP contribution in [0.1, 0.15) is 12.0 Å². The molecule has 2 aliphatic rings. The largest absolute Gasteiger partial charge is 0.472 e. The van der Waals surface area contributed by atoms with Crippen molar-refractivity contribution >= 4 is 17.6 Å². The summed E-state index contributed by atoms with van der Waals surface area (Å²) in [6.45, 7) is -0.410. The molecule has 1 aromatic rings. The van der Waals surface area contributed by atoms with Crippen molar-refractivity contribution in [1.82, 2.24) is 4.90 Å². The van der Waals surface area contributed by atoms with Crippen molar-refractivity contribution in [1.29, 1.82) is 0 Å². The highest BCUT2D eigenvalue weighted by molar-refractivity contribution is 5.84. The van der Waals surface area contributed by atoms with Crippen LogP contribution in [0.5, 0.6) is 0 Å². The van der Waals surface area contributed by atoms with Gasteiger partial charge in [0.2, 0.25) is 0 Å². The third-order valence-electron chi connectivity index (χ3n) is 4.38. The Balaban J connectivity index is 1.71. The number of methoxy groups -OCH3 is 1. The van der Waals surface area contributed by atoms with Gasteiger partial charge in [0.05, 0.1) is 18.6 Å². The number of carbonyl (C=O) groups excluding carboxylic acids is 2. The van der Waals surface area contributed by atoms with E-state index in [1.54, 1.807) is 4.90 Å². The van der Waals surface area contributed by atoms with E-state index in [-0.39, 0.29) is 24.7 Å². The quantitative estimate of drug-likeness (QED) is 0.327. The molecule has 2 unspecified atom stereocenters. The van der Waals surface area contributed by atoms with Crippen LogP contribution < -0.4 is 0 Å². The lowest BCUT2D eigenvalue weighted by molar-refractivity contribution is -0.384. The van der Waals surface area contributed by atoms with Gasteiger partial charge in [0.25, 0.3) is 5.69 Å². The molecule has 2 atom stereocenters. The van der Waals surface area contributed by atoms with Crippen LogP contribution in [0.25, 0.3) is 0 Å². The van der Waals surface area contributed by atoms with Gasteiger partial charge in [0.1, 0.15) is 12.4 Å². The Morgan fingerprint density at radius 3 is 2.71 bits per heavy atom. The van der Waals surface area contributed by atoms with Crippen LogP contribution >= 0.6 is 0 Å². The minimum absolute atomic E-state index is 0.0616. The first kappa shape index (κ1) is 19.4. The molecule has 0 spiro atoms. The van der Waals surface area contributed by atoms with E-state index < -0.39 is 29.1 Å². The second kappa shape index (κ2) is 8.09. The second-order valence-electron chi connectivity index (χ2n) is 6.07. The fourth-order valence-electron chi connectivity index (χ4n) is 3.00. The summed E-state index contributed by atoms with van der Waals surface area (Å²) in [4.78, 5) is 35.9. The van der Waals surface area contributed by atoms with Gasteiger partial charge in [-0.2, -0.15) is 0 Å². The molecule has 1 aromatic carbocycles. The third-order valence-corrected chi connectivity index (χ3v) is 4.38. The van der Waals surface area contributed by atoms with Gasteiger partial charge in [-0.05, 0) is 23.8 Å². The van der Waals surface area contributed by atoms with Crippen molar-refractivity contribution < 1.29 is 33.8 Å². The Kier molecular flexibility index (Phi) is 5.59. The minimum atomic E-state index is -0.931. The molecule has 1 N–H and O–H groups in total. The Hall–Kier alpha value is -3.40. The van der Waals surface area contributed by atoms with E-state index in [0.717, 1.165) is 0 Å². The Bertz CT molecular complexity index is 846. The third kappa shape index (κ3) is 3.81. The number of rotatable bonds is 6. The molecule has 2 fully saturated rings. The zero-order valence-corrected chi connectivity index (χ0v) is 14.9. The highest BCUT2D eigenvalue weighted by Crippen LogP contribution is 2.42. The van der Waals surface area contributed by atoms with E-state index >= 15 is 0 Å². The van der Waals surface area contributed by atoms with Crippen LogP contribution in [0, 0.1) is 10.1 Å². The highest BCUT2D eigenvalue weighted by atomic mass is 16.6. The van der Waals surface area contributed by atoms with Crippen LogP contribution in [0.3, 0.4) is 0 Å². The number of fused-ring (bicyclic) bond motifs is 1. The highest BCUT2D eigenvalue weighted by Gasteiger charge is 2.52. The van der Waals surface area contributed by atoms with E-state index in [1.807, 2.05) is 0 Å². The van der Waals surface area contributed by atoms with Crippen molar-refractivity contribution in [3.8, 4) is 0 Å². The van der Waals surface area contributed by atoms with Crippen molar-refractivity contribution in [2.75, 3.05) is 13.7 Å². The molecule has 0 aliphatic carbocycles. The molecule has 0 saturated carbocycles. The number of carbonyl (C=O) groups is 2. The number of benzene rings is 1. The van der Waals surface area contributed by atoms with E-state index in [0.29, 0.717) is 17.7 Å². The number of nitro benzene ring substituents is 1. The molecule has 28 heavy (non-hydrogen) atoms. The molecule has 148 valence electrons. The van der Waals surface area contributed by atoms with E-state index in [4.69, 9.17) is 9.47 Å². The van der Waals surface area contributed by atoms with E-state index in [1.165, 1.54) is 43.5 Å². The summed E-state index contributed by atoms with van der Waals surface area (Å²) in [6.07, 6.45) is 2.64. The first-order chi connectivity index (χ1) is 13.4. The number of nitro groups is 1. The van der Waals surface area contributed by atoms with Gasteiger partial charge in [0, 0.05) is 30.3 Å². The molecule has 10 nitrogen and oxygen atoms in total. The molecular weight excluding hydrogens is 372 g/mol. The smallest absolute Gasteiger partial charge is 0.337 e. The van der Waals surface area contributed by atoms with Crippen molar-refractivity contribution in [2.45, 2.75) is 25.3 Å². The lowest BCUT2D eigenvalue weighted by atomic mass is 10.0. The minimum Gasteiger partial charge on any atom is -0.472 e. The summed E-state index contributed by atoms with van der Waals surface area (Å²) < 4.78 is 15.6. The van der Waals surface area contributed by atoms with Crippen LogP contribution in [-0.4, -0.2) is 52.9 Å². The number of non-ortho nitro benzene ring substituents is 1. The lowest BCUT2D eigenvalue weighted by Gasteiger charge is -2.39. The van der Waals surface area contributed by atoms with Gasteiger partial charge in [-0.1, -0.05) is 0 Å². The maximum absolute atomic E-state index is 12.7. The summed E-state index contributed by atoms with van der Waals surface area (Å²) in [5.41, 5.74) is 1.08. The molecule has 0 amide bonds. The Morgan fingerprint density at radius 2 is 2.11 bits per heavy atom. The predicted molar refractivity (Wildman–Crippen MR) is 93.3 cm³/mol. The first-order valence-electron chi connectivity index (χ1n) is 8.39. The Labute approximate surface area is 159 Å². The van der Waals surface area contributed by atoms with Crippen molar-refractivity contribution in [2.24, 2.45) is 0 Å². The second-order valence-corrected chi connectivity index (χ2v) is 6.07. The van der Waals surface area contributed by atoms with Gasteiger partial charge >= 0.3 is 11.9 Å². The summed E-state index contributed by atoms with van der Waals surface area (Å²) in [6, 6.07) is 4.70. The molecule has 2 saturated heterocycles. The van der Waals surface area contributed by atoms with Gasteiger partial charge in [-0.15, -0.1) is 0 Å². The topological polar surface area (TPSA) is 128 Å². The number of ether oxygens (including phenoxy) is 3. The van der Waals surface area contributed by atoms with Gasteiger partial charge in [0.15, 0.2) is 12.3 Å². The average molecular weight is 390 g/mol. The van der Waals surface area contributed by atoms with Crippen LogP contribution in [-0.2, 0) is 30.4 Å². The summed E-state index contributed by atoms with van der Waals surface area (Å²) in [7, 11) is 1.25. The number of aliphatic hydroxyl groups excluding tert-OH is 1. The molecular formula is C18H18N2O8. The van der Waals surface area contributed by atoms with Crippen LogP contribution in [0.2, 0.25) is 0 Å². The van der Waals surface area contributed by atoms with Crippen molar-refractivity contribution in [3.05, 3.63) is 63.6 Å². The van der Waals surface area contributed by atoms with Crippen molar-refractivity contribution in [3.63, 3.8) is 0 Å². The fourth-order valence-corrected chi connectivity index (χ4v) is 3.00. The molecule has 0 radical (unpaired) electrons. The van der Waals surface area contributed by atoms with Crippen LogP contribution in [0.15, 0.2) is 47.9 Å². The summed E-state index contributed by atoms with van der Waals surface area (Å²) >= 11 is 0. The Morgan fingerprint density at radius 1 is 1.39 bits per heavy atom. The molecule has 10 heteroatoms. The number of hydrogen-bond acceptors (Lipinski definition) is 9. The van der Waals surface area contributed by atoms with E-state index in [9.17, 15) is 24.8 Å². The predicted octanol–water partition coefficient (Wildman–Crippen LogP) is 1.00. The molecule has 3 rings (SSSR count). The SMILES string of the molecule is COC(=O)C=C1CC2OC(=CCO)C(C(=O)OCc3ccc([N+](=O)[O-])cc3)N12. The molecule has 0 aromatic heterocycles. The summed E-state index contributed by atoms with van der Waals surface area (Å²) in [5.74, 6) is -0.934. The standard InChI is InChI=1S/C18H18N2O8/c1-26-16(22)9-13-8-15-19(13)17(14(28-15)6-7-21)18(23)27-10-11-2-4-12(5-3-11)20(24)25/h2-6,9,15,17,21H,7-8,10H2,1H3. The molecule has 0 bridgehead atoms. The zero-order valence-electron chi connectivity index (χ0n) is 14.9. The van der Waals surface area contributed by atoms with Gasteiger partial charge in [-0.25, -0.2) is 9.59 Å². The van der Waals surface area contributed by atoms with Gasteiger partial charge < -0.3 is 24.2 Å². The number of esters is 2.